The van der Waals surface area contributed by atoms with Crippen LogP contribution in [0.3, 0.4) is 0 Å². The van der Waals surface area contributed by atoms with Crippen molar-refractivity contribution < 1.29 is 4.39 Å². The topological polar surface area (TPSA) is 12.0 Å². The minimum atomic E-state index is -0.225. The van der Waals surface area contributed by atoms with E-state index in [4.69, 9.17) is 11.6 Å². The number of rotatable bonds is 5. The molecule has 0 aliphatic carbocycles. The summed E-state index contributed by atoms with van der Waals surface area (Å²) < 4.78 is 13.7. The minimum absolute atomic E-state index is 0.0544. The zero-order valence-corrected chi connectivity index (χ0v) is 10.4. The lowest BCUT2D eigenvalue weighted by Crippen LogP contribution is -2.22. The fraction of sp³-hybridized carbons (Fsp3) is 0.385. The van der Waals surface area contributed by atoms with Crippen molar-refractivity contribution in [2.45, 2.75) is 26.3 Å². The molecule has 0 aliphatic heterocycles. The second-order valence-corrected chi connectivity index (χ2v) is 4.37. The maximum absolute atomic E-state index is 13.7. The molecule has 0 saturated carbocycles. The Kier molecular flexibility index (Phi) is 4.97. The lowest BCUT2D eigenvalue weighted by atomic mass is 10.00. The summed E-state index contributed by atoms with van der Waals surface area (Å²) in [5.41, 5.74) is 1.63. The van der Waals surface area contributed by atoms with E-state index in [0.29, 0.717) is 17.0 Å². The highest BCUT2D eigenvalue weighted by Gasteiger charge is 2.15. The van der Waals surface area contributed by atoms with Gasteiger partial charge in [0.05, 0.1) is 0 Å². The van der Waals surface area contributed by atoms with E-state index in [9.17, 15) is 4.39 Å². The Morgan fingerprint density at radius 3 is 2.81 bits per heavy atom. The van der Waals surface area contributed by atoms with Crippen molar-refractivity contribution in [3.63, 3.8) is 0 Å². The van der Waals surface area contributed by atoms with Crippen LogP contribution in [0.2, 0.25) is 5.02 Å². The highest BCUT2D eigenvalue weighted by Crippen LogP contribution is 2.25. The number of hydrogen-bond acceptors (Lipinski definition) is 1. The molecule has 0 fully saturated rings. The molecule has 1 aromatic rings. The maximum atomic E-state index is 13.7. The second-order valence-electron chi connectivity index (χ2n) is 3.94. The van der Waals surface area contributed by atoms with Crippen LogP contribution in [-0.2, 0) is 0 Å². The van der Waals surface area contributed by atoms with Gasteiger partial charge in [0.15, 0.2) is 0 Å². The van der Waals surface area contributed by atoms with E-state index in [2.05, 4.69) is 11.9 Å². The molecule has 1 rings (SSSR count). The van der Waals surface area contributed by atoms with Crippen molar-refractivity contribution in [3.8, 4) is 0 Å². The lowest BCUT2D eigenvalue weighted by molar-refractivity contribution is 0.509. The van der Waals surface area contributed by atoms with Gasteiger partial charge < -0.3 is 5.32 Å². The average Bonchev–Trinajstić information content (AvgIpc) is 2.20. The highest BCUT2D eigenvalue weighted by atomic mass is 35.5. The van der Waals surface area contributed by atoms with Gasteiger partial charge in [-0.3, -0.25) is 0 Å². The van der Waals surface area contributed by atoms with Crippen molar-refractivity contribution >= 4 is 11.6 Å². The first kappa shape index (κ1) is 13.2. The zero-order chi connectivity index (χ0) is 12.1. The summed E-state index contributed by atoms with van der Waals surface area (Å²) >= 11 is 5.88. The predicted molar refractivity (Wildman–Crippen MR) is 67.3 cm³/mol. The fourth-order valence-corrected chi connectivity index (χ4v) is 1.85. The molecule has 0 aliphatic rings. The van der Waals surface area contributed by atoms with E-state index < -0.39 is 0 Å². The molecule has 0 saturated heterocycles. The van der Waals surface area contributed by atoms with Gasteiger partial charge in [0, 0.05) is 16.6 Å². The first-order valence-electron chi connectivity index (χ1n) is 5.37. The average molecular weight is 242 g/mol. The van der Waals surface area contributed by atoms with Crippen molar-refractivity contribution in [1.82, 2.24) is 5.32 Å². The summed E-state index contributed by atoms with van der Waals surface area (Å²) in [5.74, 6) is -0.225. The van der Waals surface area contributed by atoms with E-state index in [1.165, 1.54) is 6.07 Å². The summed E-state index contributed by atoms with van der Waals surface area (Å²) in [5, 5.41) is 3.80. The molecule has 0 heterocycles. The van der Waals surface area contributed by atoms with E-state index in [-0.39, 0.29) is 11.9 Å². The van der Waals surface area contributed by atoms with Crippen LogP contribution in [0.15, 0.2) is 30.4 Å². The van der Waals surface area contributed by atoms with Crippen molar-refractivity contribution in [2.75, 3.05) is 6.54 Å². The molecule has 0 radical (unpaired) electrons. The number of hydrogen-bond donors (Lipinski definition) is 1. The van der Waals surface area contributed by atoms with Crippen LogP contribution in [0.5, 0.6) is 0 Å². The predicted octanol–water partition coefficient (Wildman–Crippen LogP) is 4.10. The smallest absolute Gasteiger partial charge is 0.128 e. The second kappa shape index (κ2) is 6.02. The fourth-order valence-electron chi connectivity index (χ4n) is 1.67. The molecule has 1 unspecified atom stereocenters. The van der Waals surface area contributed by atoms with Crippen molar-refractivity contribution in [3.05, 3.63) is 46.8 Å². The molecular weight excluding hydrogens is 225 g/mol. The van der Waals surface area contributed by atoms with Gasteiger partial charge in [0.2, 0.25) is 0 Å². The summed E-state index contributed by atoms with van der Waals surface area (Å²) in [6, 6.07) is 4.58. The molecule has 1 atom stereocenters. The molecule has 1 N–H and O–H groups in total. The summed E-state index contributed by atoms with van der Waals surface area (Å²) in [7, 11) is 0. The van der Waals surface area contributed by atoms with Gasteiger partial charge in [-0.2, -0.15) is 0 Å². The summed E-state index contributed by atoms with van der Waals surface area (Å²) in [6.07, 6.45) is 0.713. The molecule has 0 spiro atoms. The van der Waals surface area contributed by atoms with Gasteiger partial charge in [-0.1, -0.05) is 24.1 Å². The third-order valence-corrected chi connectivity index (χ3v) is 2.57. The maximum Gasteiger partial charge on any atom is 0.128 e. The number of halogens is 2. The lowest BCUT2D eigenvalue weighted by Gasteiger charge is -2.19. The highest BCUT2D eigenvalue weighted by molar-refractivity contribution is 6.30. The standard InChI is InChI=1S/C13H17ClFN/c1-4-16-13(7-9(2)3)11-8-10(14)5-6-12(11)15/h5-6,8,13,16H,2,4,7H2,1,3H3. The van der Waals surface area contributed by atoms with E-state index >= 15 is 0 Å². The van der Waals surface area contributed by atoms with Gasteiger partial charge >= 0.3 is 0 Å². The molecule has 1 nitrogen and oxygen atoms in total. The SMILES string of the molecule is C=C(C)CC(NCC)c1cc(Cl)ccc1F. The summed E-state index contributed by atoms with van der Waals surface area (Å²) in [4.78, 5) is 0. The van der Waals surface area contributed by atoms with Gasteiger partial charge in [-0.15, -0.1) is 6.58 Å². The van der Waals surface area contributed by atoms with E-state index in [1.807, 2.05) is 13.8 Å². The van der Waals surface area contributed by atoms with Crippen LogP contribution < -0.4 is 5.32 Å². The third kappa shape index (κ3) is 3.62. The molecule has 0 amide bonds. The van der Waals surface area contributed by atoms with Crippen molar-refractivity contribution in [2.24, 2.45) is 0 Å². The van der Waals surface area contributed by atoms with Crippen LogP contribution in [0.25, 0.3) is 0 Å². The Balaban J connectivity index is 2.99. The molecular formula is C13H17ClFN. The Bertz CT molecular complexity index is 376. The Morgan fingerprint density at radius 1 is 1.56 bits per heavy atom. The van der Waals surface area contributed by atoms with Gasteiger partial charge in [-0.25, -0.2) is 4.39 Å². The quantitative estimate of drug-likeness (QED) is 0.766. The van der Waals surface area contributed by atoms with Crippen molar-refractivity contribution in [1.29, 1.82) is 0 Å². The van der Waals surface area contributed by atoms with Gasteiger partial charge in [-0.05, 0) is 38.1 Å². The molecule has 88 valence electrons. The Hall–Kier alpha value is -0.860. The third-order valence-electron chi connectivity index (χ3n) is 2.34. The van der Waals surface area contributed by atoms with Crippen LogP contribution >= 0.6 is 11.6 Å². The minimum Gasteiger partial charge on any atom is -0.310 e. The molecule has 0 aromatic heterocycles. The number of nitrogens with one attached hydrogen (secondary N) is 1. The van der Waals surface area contributed by atoms with Crippen LogP contribution in [-0.4, -0.2) is 6.54 Å². The monoisotopic (exact) mass is 241 g/mol. The number of benzene rings is 1. The van der Waals surface area contributed by atoms with Crippen LogP contribution in [0, 0.1) is 5.82 Å². The van der Waals surface area contributed by atoms with E-state index in [0.717, 1.165) is 12.1 Å². The molecule has 0 bridgehead atoms. The molecule has 16 heavy (non-hydrogen) atoms. The molecule has 1 aromatic carbocycles. The normalized spacial score (nSPS) is 12.5. The van der Waals surface area contributed by atoms with Crippen LogP contribution in [0.4, 0.5) is 4.39 Å². The van der Waals surface area contributed by atoms with Gasteiger partial charge in [0.1, 0.15) is 5.82 Å². The van der Waals surface area contributed by atoms with Crippen LogP contribution in [0.1, 0.15) is 31.9 Å². The molecule has 3 heteroatoms. The Morgan fingerprint density at radius 2 is 2.25 bits per heavy atom. The van der Waals surface area contributed by atoms with Gasteiger partial charge in [0.25, 0.3) is 0 Å². The zero-order valence-electron chi connectivity index (χ0n) is 9.69. The van der Waals surface area contributed by atoms with E-state index in [1.54, 1.807) is 12.1 Å². The largest absolute Gasteiger partial charge is 0.310 e. The Labute approximate surface area is 101 Å². The first-order valence-corrected chi connectivity index (χ1v) is 5.75. The first-order chi connectivity index (χ1) is 7.54. The summed E-state index contributed by atoms with van der Waals surface area (Å²) in [6.45, 7) is 8.57.